The van der Waals surface area contributed by atoms with E-state index in [9.17, 15) is 0 Å². The molecule has 3 heteroatoms. The van der Waals surface area contributed by atoms with Gasteiger partial charge in [0.2, 0.25) is 0 Å². The van der Waals surface area contributed by atoms with Crippen LogP contribution in [0.15, 0.2) is 8.80 Å². The second-order valence-electron chi connectivity index (χ2n) is 0.537. The van der Waals surface area contributed by atoms with Crippen molar-refractivity contribution in [3.8, 4) is 0 Å². The van der Waals surface area contributed by atoms with Gasteiger partial charge in [-0.2, -0.15) is 0 Å². The lowest BCUT2D eigenvalue weighted by molar-refractivity contribution is 1.95. The van der Waals surface area contributed by atoms with E-state index >= 15 is 0 Å². The molecule has 0 aromatic carbocycles. The van der Waals surface area contributed by atoms with Crippen LogP contribution in [-0.4, -0.2) is 12.4 Å². The summed E-state index contributed by atoms with van der Waals surface area (Å²) < 4.78 is 7.12. The molecule has 0 bridgehead atoms. The van der Waals surface area contributed by atoms with E-state index in [1.54, 1.807) is 0 Å². The first-order valence-corrected chi connectivity index (χ1v) is 1.87. The van der Waals surface area contributed by atoms with E-state index in [-0.39, 0.29) is 0 Å². The number of hydrogen-bond donors (Lipinski definition) is 0. The van der Waals surface area contributed by atoms with Gasteiger partial charge in [-0.3, -0.25) is 0 Å². The van der Waals surface area contributed by atoms with Crippen LogP contribution in [-0.2, 0) is 0 Å². The lowest BCUT2D eigenvalue weighted by Crippen LogP contribution is -1.56. The summed E-state index contributed by atoms with van der Waals surface area (Å²) in [6.45, 7) is 0. The highest BCUT2D eigenvalue weighted by Crippen LogP contribution is 2.02. The molecule has 0 N–H and O–H groups in total. The summed E-state index contributed by atoms with van der Waals surface area (Å²) in [5.41, 5.74) is 0. The highest BCUT2D eigenvalue weighted by Gasteiger charge is 1.96. The summed E-state index contributed by atoms with van der Waals surface area (Å²) in [4.78, 5) is 0. The van der Waals surface area contributed by atoms with Gasteiger partial charge in [-0.15, -0.1) is 4.40 Å². The molecule has 0 spiro atoms. The van der Waals surface area contributed by atoms with Gasteiger partial charge in [0, 0.05) is 0 Å². The number of nitrogens with zero attached hydrogens (tertiary/aromatic N) is 2. The zero-order valence-corrected chi connectivity index (χ0v) is 3.20. The maximum absolute atomic E-state index is 3.60. The second kappa shape index (κ2) is 1.15. The zero-order chi connectivity index (χ0) is 3.54. The summed E-state index contributed by atoms with van der Waals surface area (Å²) in [7, 11) is 0. The SMILES string of the molecule is [C+]1=NSN=C1. The number of rotatable bonds is 0. The third kappa shape index (κ3) is 0.436. The quantitative estimate of drug-likeness (QED) is 0.312. The predicted molar refractivity (Wildman–Crippen MR) is 23.5 cm³/mol. The van der Waals surface area contributed by atoms with E-state index < -0.39 is 0 Å². The summed E-state index contributed by atoms with van der Waals surface area (Å²) in [6.07, 6.45) is 4.05. The van der Waals surface area contributed by atoms with Crippen LogP contribution < -0.4 is 0 Å². The highest BCUT2D eigenvalue weighted by molar-refractivity contribution is 7.97. The first-order chi connectivity index (χ1) is 2.50. The smallest absolute Gasteiger partial charge is 0.141 e. The molecule has 0 aliphatic carbocycles. The fraction of sp³-hybridized carbons (Fsp3) is 0. The highest BCUT2D eigenvalue weighted by atomic mass is 32.2. The summed E-state index contributed by atoms with van der Waals surface area (Å²) >= 11 is 1.16. The average Bonchev–Trinajstić information content (AvgIpc) is 1.76. The molecular formula is C2HN2S+. The van der Waals surface area contributed by atoms with Gasteiger partial charge in [0.05, 0.1) is 4.40 Å². The maximum Gasteiger partial charge on any atom is 0.432 e. The summed E-state index contributed by atoms with van der Waals surface area (Å²) in [6, 6.07) is 0. The van der Waals surface area contributed by atoms with Gasteiger partial charge >= 0.3 is 12.4 Å². The molecule has 1 aliphatic rings. The maximum atomic E-state index is 3.60. The Labute approximate surface area is 34.3 Å². The molecule has 0 amide bonds. The molecule has 24 valence electrons. The van der Waals surface area contributed by atoms with Crippen molar-refractivity contribution < 1.29 is 0 Å². The Morgan fingerprint density at radius 1 is 1.80 bits per heavy atom. The predicted octanol–water partition coefficient (Wildman–Crippen LogP) is 0.582. The van der Waals surface area contributed by atoms with Crippen LogP contribution >= 0.6 is 12.1 Å². The van der Waals surface area contributed by atoms with Gasteiger partial charge in [0.25, 0.3) is 0 Å². The number of hydrogen-bond acceptors (Lipinski definition) is 3. The van der Waals surface area contributed by atoms with E-state index in [4.69, 9.17) is 0 Å². The normalized spacial score (nSPS) is 16.0. The van der Waals surface area contributed by atoms with Crippen LogP contribution in [0.2, 0.25) is 0 Å². The van der Waals surface area contributed by atoms with Crippen molar-refractivity contribution in [1.29, 1.82) is 0 Å². The fourth-order valence-corrected chi connectivity index (χ4v) is 0.354. The standard InChI is InChI=1S/C2HN2S/c1-2-4-5-3-1/h1H/q+1. The third-order valence-corrected chi connectivity index (χ3v) is 0.638. The summed E-state index contributed by atoms with van der Waals surface area (Å²) in [5.74, 6) is 0. The van der Waals surface area contributed by atoms with Crippen molar-refractivity contribution in [2.45, 2.75) is 0 Å². The molecule has 2 nitrogen and oxygen atoms in total. The minimum atomic E-state index is 1.16. The molecule has 1 heterocycles. The first-order valence-electron chi connectivity index (χ1n) is 1.14. The first kappa shape index (κ1) is 2.82. The van der Waals surface area contributed by atoms with Crippen LogP contribution in [0.1, 0.15) is 0 Å². The van der Waals surface area contributed by atoms with Gasteiger partial charge in [0.1, 0.15) is 0 Å². The largest absolute Gasteiger partial charge is 0.432 e. The molecule has 0 fully saturated rings. The Hall–Kier alpha value is -0.400. The van der Waals surface area contributed by atoms with Crippen LogP contribution in [0.4, 0.5) is 0 Å². The average molecular weight is 85.1 g/mol. The summed E-state index contributed by atoms with van der Waals surface area (Å²) in [5, 5.41) is 0. The molecule has 0 saturated carbocycles. The fourth-order valence-electron chi connectivity index (χ4n) is 0.118. The van der Waals surface area contributed by atoms with Crippen molar-refractivity contribution in [2.24, 2.45) is 8.80 Å². The molecule has 0 atom stereocenters. The van der Waals surface area contributed by atoms with E-state index in [0.29, 0.717) is 0 Å². The Morgan fingerprint density at radius 2 is 2.80 bits per heavy atom. The minimum Gasteiger partial charge on any atom is -0.141 e. The van der Waals surface area contributed by atoms with Gasteiger partial charge in [0.15, 0.2) is 12.1 Å². The van der Waals surface area contributed by atoms with E-state index in [0.717, 1.165) is 12.1 Å². The van der Waals surface area contributed by atoms with Crippen molar-refractivity contribution in [2.75, 3.05) is 0 Å². The van der Waals surface area contributed by atoms with Crippen molar-refractivity contribution in [3.63, 3.8) is 0 Å². The lowest BCUT2D eigenvalue weighted by atomic mass is 10.9. The van der Waals surface area contributed by atoms with Crippen molar-refractivity contribution in [3.05, 3.63) is 0 Å². The van der Waals surface area contributed by atoms with Crippen molar-refractivity contribution >= 4 is 24.6 Å². The minimum absolute atomic E-state index is 1.16. The molecule has 0 saturated heterocycles. The van der Waals surface area contributed by atoms with Gasteiger partial charge in [-0.05, 0) is 0 Å². The molecular weight excluding hydrogens is 84.1 g/mol. The van der Waals surface area contributed by atoms with Gasteiger partial charge in [-0.1, -0.05) is 0 Å². The molecule has 1 aliphatic heterocycles. The van der Waals surface area contributed by atoms with Crippen LogP contribution in [0, 0.1) is 0 Å². The lowest BCUT2D eigenvalue weighted by Gasteiger charge is -1.45. The molecule has 0 unspecified atom stereocenters. The third-order valence-electron chi connectivity index (χ3n) is 0.251. The Morgan fingerprint density at radius 3 is 3.00 bits per heavy atom. The molecule has 0 radical (unpaired) electrons. The molecule has 0 aromatic rings. The Balaban J connectivity index is 2.61. The molecule has 0 aromatic heterocycles. The van der Waals surface area contributed by atoms with E-state index in [1.165, 1.54) is 6.21 Å². The van der Waals surface area contributed by atoms with Crippen LogP contribution in [0.25, 0.3) is 0 Å². The van der Waals surface area contributed by atoms with Gasteiger partial charge in [-0.25, -0.2) is 0 Å². The second-order valence-corrected chi connectivity index (χ2v) is 1.09. The van der Waals surface area contributed by atoms with Crippen molar-refractivity contribution in [1.82, 2.24) is 0 Å². The van der Waals surface area contributed by atoms with E-state index in [1.807, 2.05) is 0 Å². The van der Waals surface area contributed by atoms with Gasteiger partial charge < -0.3 is 0 Å². The Kier molecular flexibility index (Phi) is 0.648. The van der Waals surface area contributed by atoms with Crippen LogP contribution in [0.3, 0.4) is 0 Å². The Bertz CT molecular complexity index is 65.7. The molecule has 1 rings (SSSR count). The van der Waals surface area contributed by atoms with Crippen LogP contribution in [0.5, 0.6) is 0 Å². The zero-order valence-electron chi connectivity index (χ0n) is 2.38. The topological polar surface area (TPSA) is 24.7 Å². The monoisotopic (exact) mass is 85.0 g/mol. The van der Waals surface area contributed by atoms with E-state index in [2.05, 4.69) is 15.0 Å². The molecule has 5 heavy (non-hydrogen) atoms.